The molecule has 1 saturated heterocycles. The predicted molar refractivity (Wildman–Crippen MR) is 95.8 cm³/mol. The summed E-state index contributed by atoms with van der Waals surface area (Å²) in [5.74, 6) is -0.369. The van der Waals surface area contributed by atoms with Crippen molar-refractivity contribution in [3.8, 4) is 12.1 Å². The fourth-order valence-electron chi connectivity index (χ4n) is 3.54. The molecule has 0 saturated carbocycles. The number of nitrogens with zero attached hydrogens (tertiary/aromatic N) is 4. The molecule has 1 atom stereocenters. The van der Waals surface area contributed by atoms with Crippen LogP contribution in [0.3, 0.4) is 0 Å². The second-order valence-corrected chi connectivity index (χ2v) is 6.74. The average Bonchev–Trinajstić information content (AvgIpc) is 3.12. The molecule has 0 aliphatic carbocycles. The highest BCUT2D eigenvalue weighted by Gasteiger charge is 2.29. The van der Waals surface area contributed by atoms with E-state index in [-0.39, 0.29) is 5.91 Å². The highest BCUT2D eigenvalue weighted by Crippen LogP contribution is 2.30. The first-order chi connectivity index (χ1) is 12.6. The number of benzene rings is 1. The van der Waals surface area contributed by atoms with Crippen LogP contribution in [-0.4, -0.2) is 34.1 Å². The number of aromatic amines is 1. The molecule has 1 fully saturated rings. The SMILES string of the molecule is Cc1[nH]ncc1C1CCN(C(=O)C(C#N)Cc2ccc(C#N)cc2)CC1. The number of rotatable bonds is 4. The van der Waals surface area contributed by atoms with Crippen LogP contribution in [-0.2, 0) is 11.2 Å². The molecule has 6 nitrogen and oxygen atoms in total. The first kappa shape index (κ1) is 17.7. The lowest BCUT2D eigenvalue weighted by atomic mass is 9.89. The molecule has 1 aromatic heterocycles. The molecule has 1 unspecified atom stereocenters. The Hall–Kier alpha value is -3.12. The van der Waals surface area contributed by atoms with Gasteiger partial charge in [0.05, 0.1) is 23.9 Å². The molecule has 132 valence electrons. The molecule has 0 radical (unpaired) electrons. The Balaban J connectivity index is 1.60. The molecule has 1 amide bonds. The van der Waals surface area contributed by atoms with Crippen molar-refractivity contribution in [1.29, 1.82) is 10.5 Å². The zero-order chi connectivity index (χ0) is 18.5. The summed E-state index contributed by atoms with van der Waals surface area (Å²) in [6.45, 7) is 3.35. The Morgan fingerprint density at radius 2 is 2.00 bits per heavy atom. The van der Waals surface area contributed by atoms with Crippen molar-refractivity contribution in [1.82, 2.24) is 15.1 Å². The fraction of sp³-hybridized carbons (Fsp3) is 0.400. The van der Waals surface area contributed by atoms with Gasteiger partial charge >= 0.3 is 0 Å². The van der Waals surface area contributed by atoms with Crippen LogP contribution >= 0.6 is 0 Å². The number of hydrogen-bond acceptors (Lipinski definition) is 4. The minimum atomic E-state index is -0.685. The van der Waals surface area contributed by atoms with E-state index in [0.29, 0.717) is 31.0 Å². The molecule has 2 heterocycles. The van der Waals surface area contributed by atoms with Crippen LogP contribution in [0.5, 0.6) is 0 Å². The quantitative estimate of drug-likeness (QED) is 0.919. The van der Waals surface area contributed by atoms with E-state index >= 15 is 0 Å². The Kier molecular flexibility index (Phi) is 5.34. The number of nitrogens with one attached hydrogen (secondary N) is 1. The smallest absolute Gasteiger partial charge is 0.240 e. The van der Waals surface area contributed by atoms with E-state index in [2.05, 4.69) is 22.3 Å². The second kappa shape index (κ2) is 7.84. The normalized spacial score (nSPS) is 15.9. The molecular formula is C20H21N5O. The number of H-pyrrole nitrogens is 1. The Morgan fingerprint density at radius 3 is 2.54 bits per heavy atom. The van der Waals surface area contributed by atoms with Crippen LogP contribution in [0, 0.1) is 35.5 Å². The van der Waals surface area contributed by atoms with E-state index in [4.69, 9.17) is 5.26 Å². The van der Waals surface area contributed by atoms with E-state index in [1.54, 1.807) is 12.1 Å². The van der Waals surface area contributed by atoms with Crippen molar-refractivity contribution < 1.29 is 4.79 Å². The maximum absolute atomic E-state index is 12.7. The third-order valence-corrected chi connectivity index (χ3v) is 5.09. The number of nitriles is 2. The van der Waals surface area contributed by atoms with E-state index in [9.17, 15) is 10.1 Å². The lowest BCUT2D eigenvalue weighted by molar-refractivity contribution is -0.134. The van der Waals surface area contributed by atoms with E-state index in [0.717, 1.165) is 24.1 Å². The Bertz CT molecular complexity index is 848. The number of hydrogen-bond donors (Lipinski definition) is 1. The van der Waals surface area contributed by atoms with Crippen molar-refractivity contribution >= 4 is 5.91 Å². The first-order valence-electron chi connectivity index (χ1n) is 8.79. The summed E-state index contributed by atoms with van der Waals surface area (Å²) < 4.78 is 0. The molecule has 0 spiro atoms. The molecule has 6 heteroatoms. The van der Waals surface area contributed by atoms with Crippen molar-refractivity contribution in [2.75, 3.05) is 13.1 Å². The number of aryl methyl sites for hydroxylation is 1. The summed E-state index contributed by atoms with van der Waals surface area (Å²) in [7, 11) is 0. The van der Waals surface area contributed by atoms with Crippen LogP contribution in [0.1, 0.15) is 41.1 Å². The standard InChI is InChI=1S/C20H21N5O/c1-14-19(13-23-24-14)17-6-8-25(9-7-17)20(26)18(12-22)10-15-2-4-16(11-21)5-3-15/h2-5,13,17-18H,6-10H2,1H3,(H,23,24). The fourth-order valence-corrected chi connectivity index (χ4v) is 3.54. The number of piperidine rings is 1. The monoisotopic (exact) mass is 347 g/mol. The number of likely N-dealkylation sites (tertiary alicyclic amines) is 1. The van der Waals surface area contributed by atoms with Crippen LogP contribution in [0.2, 0.25) is 0 Å². The van der Waals surface area contributed by atoms with E-state index in [1.165, 1.54) is 5.56 Å². The van der Waals surface area contributed by atoms with E-state index in [1.807, 2.05) is 30.2 Å². The zero-order valence-corrected chi connectivity index (χ0v) is 14.8. The topological polar surface area (TPSA) is 96.6 Å². The Morgan fingerprint density at radius 1 is 1.31 bits per heavy atom. The third-order valence-electron chi connectivity index (χ3n) is 5.09. The first-order valence-corrected chi connectivity index (χ1v) is 8.79. The van der Waals surface area contributed by atoms with Gasteiger partial charge in [0.25, 0.3) is 0 Å². The minimum Gasteiger partial charge on any atom is -0.342 e. The van der Waals surface area contributed by atoms with E-state index < -0.39 is 5.92 Å². The predicted octanol–water partition coefficient (Wildman–Crippen LogP) is 2.68. The lowest BCUT2D eigenvalue weighted by Crippen LogP contribution is -2.41. The minimum absolute atomic E-state index is 0.0979. The summed E-state index contributed by atoms with van der Waals surface area (Å²) in [5, 5.41) is 25.4. The van der Waals surface area contributed by atoms with Crippen molar-refractivity contribution in [2.45, 2.75) is 32.1 Å². The van der Waals surface area contributed by atoms with Gasteiger partial charge in [-0.1, -0.05) is 12.1 Å². The largest absolute Gasteiger partial charge is 0.342 e. The molecular weight excluding hydrogens is 326 g/mol. The van der Waals surface area contributed by atoms with Crippen molar-refractivity contribution in [3.63, 3.8) is 0 Å². The molecule has 1 N–H and O–H groups in total. The molecule has 3 rings (SSSR count). The highest BCUT2D eigenvalue weighted by molar-refractivity contribution is 5.81. The summed E-state index contributed by atoms with van der Waals surface area (Å²) in [6.07, 6.45) is 4.03. The number of carbonyl (C=O) groups is 1. The van der Waals surface area contributed by atoms with Crippen LogP contribution in [0.25, 0.3) is 0 Å². The van der Waals surface area contributed by atoms with Gasteiger partial charge in [-0.25, -0.2) is 0 Å². The van der Waals surface area contributed by atoms with Crippen molar-refractivity contribution in [3.05, 3.63) is 52.8 Å². The average molecular weight is 347 g/mol. The number of amides is 1. The van der Waals surface area contributed by atoms with Gasteiger partial charge in [0.2, 0.25) is 5.91 Å². The second-order valence-electron chi connectivity index (χ2n) is 6.74. The van der Waals surface area contributed by atoms with Crippen LogP contribution in [0.15, 0.2) is 30.5 Å². The van der Waals surface area contributed by atoms with Gasteiger partial charge in [-0.3, -0.25) is 9.89 Å². The van der Waals surface area contributed by atoms with Gasteiger partial charge in [0.15, 0.2) is 0 Å². The van der Waals surface area contributed by atoms with Gasteiger partial charge in [0, 0.05) is 18.8 Å². The zero-order valence-electron chi connectivity index (χ0n) is 14.8. The third kappa shape index (κ3) is 3.75. The van der Waals surface area contributed by atoms with Gasteiger partial charge in [-0.05, 0) is 55.4 Å². The lowest BCUT2D eigenvalue weighted by Gasteiger charge is -2.33. The maximum atomic E-state index is 12.7. The van der Waals surface area contributed by atoms with Crippen LogP contribution in [0.4, 0.5) is 0 Å². The van der Waals surface area contributed by atoms with Gasteiger partial charge < -0.3 is 4.90 Å². The highest BCUT2D eigenvalue weighted by atomic mass is 16.2. The number of aromatic nitrogens is 2. The van der Waals surface area contributed by atoms with Gasteiger partial charge in [0.1, 0.15) is 5.92 Å². The molecule has 0 bridgehead atoms. The summed E-state index contributed by atoms with van der Waals surface area (Å²) in [6, 6.07) is 11.3. The Labute approximate surface area is 153 Å². The maximum Gasteiger partial charge on any atom is 0.240 e. The van der Waals surface area contributed by atoms with Crippen LogP contribution < -0.4 is 0 Å². The summed E-state index contributed by atoms with van der Waals surface area (Å²) in [5.41, 5.74) is 3.79. The van der Waals surface area contributed by atoms with Gasteiger partial charge in [-0.15, -0.1) is 0 Å². The molecule has 1 aliphatic rings. The summed E-state index contributed by atoms with van der Waals surface area (Å²) in [4.78, 5) is 14.6. The molecule has 1 aromatic carbocycles. The van der Waals surface area contributed by atoms with Gasteiger partial charge in [-0.2, -0.15) is 15.6 Å². The molecule has 2 aromatic rings. The van der Waals surface area contributed by atoms with Crippen molar-refractivity contribution in [2.24, 2.45) is 5.92 Å². The summed E-state index contributed by atoms with van der Waals surface area (Å²) >= 11 is 0. The molecule has 1 aliphatic heterocycles. The number of carbonyl (C=O) groups excluding carboxylic acids is 1. The molecule has 26 heavy (non-hydrogen) atoms.